The number of hydrogen-bond donors (Lipinski definition) is 2. The van der Waals surface area contributed by atoms with Gasteiger partial charge in [-0.25, -0.2) is 0 Å². The Bertz CT molecular complexity index is 510. The van der Waals surface area contributed by atoms with Gasteiger partial charge in [-0.3, -0.25) is 4.99 Å². The van der Waals surface area contributed by atoms with Crippen molar-refractivity contribution in [2.24, 2.45) is 4.99 Å². The number of ether oxygens (including phenoxy) is 2. The largest absolute Gasteiger partial charge is 0.382 e. The summed E-state index contributed by atoms with van der Waals surface area (Å²) in [6.45, 7) is 5.72. The van der Waals surface area contributed by atoms with Crippen LogP contribution >= 0.6 is 24.0 Å². The molecule has 0 amide bonds. The van der Waals surface area contributed by atoms with Crippen LogP contribution in [0.15, 0.2) is 23.2 Å². The zero-order chi connectivity index (χ0) is 17.8. The van der Waals surface area contributed by atoms with Crippen LogP contribution in [0.1, 0.15) is 17.5 Å². The summed E-state index contributed by atoms with van der Waals surface area (Å²) in [7, 11) is 7.57. The van der Waals surface area contributed by atoms with Crippen molar-refractivity contribution in [3.63, 3.8) is 0 Å². The first kappa shape index (κ1) is 23.9. The van der Waals surface area contributed by atoms with E-state index in [1.165, 1.54) is 16.8 Å². The Hall–Kier alpha value is -1.06. The van der Waals surface area contributed by atoms with Crippen LogP contribution in [0.25, 0.3) is 0 Å². The summed E-state index contributed by atoms with van der Waals surface area (Å²) in [5.74, 6) is 0.808. The summed E-state index contributed by atoms with van der Waals surface area (Å²) < 4.78 is 10.4. The molecule has 0 aliphatic heterocycles. The van der Waals surface area contributed by atoms with Gasteiger partial charge < -0.3 is 25.0 Å². The van der Waals surface area contributed by atoms with Gasteiger partial charge in [-0.1, -0.05) is 6.07 Å². The number of guanidine groups is 1. The molecule has 0 saturated carbocycles. The summed E-state index contributed by atoms with van der Waals surface area (Å²) in [6, 6.07) is 6.50. The van der Waals surface area contributed by atoms with Crippen LogP contribution in [-0.2, 0) is 16.0 Å². The molecule has 0 heterocycles. The van der Waals surface area contributed by atoms with Crippen molar-refractivity contribution in [3.05, 3.63) is 29.3 Å². The van der Waals surface area contributed by atoms with Crippen molar-refractivity contribution in [2.75, 3.05) is 59.5 Å². The van der Waals surface area contributed by atoms with E-state index in [1.54, 1.807) is 14.2 Å². The lowest BCUT2D eigenvalue weighted by Crippen LogP contribution is -2.37. The van der Waals surface area contributed by atoms with E-state index in [2.05, 4.69) is 59.7 Å². The molecule has 0 aliphatic rings. The average Bonchev–Trinajstić information content (AvgIpc) is 2.57. The molecule has 0 spiro atoms. The normalized spacial score (nSPS) is 11.0. The molecule has 0 aliphatic carbocycles. The molecule has 0 saturated heterocycles. The Morgan fingerprint density at radius 2 is 1.92 bits per heavy atom. The Balaban J connectivity index is 0.00000576. The molecule has 6 nitrogen and oxygen atoms in total. The number of methoxy groups -OCH3 is 1. The fraction of sp³-hybridized carbons (Fsp3) is 0.611. The second-order valence-electron chi connectivity index (χ2n) is 5.82. The van der Waals surface area contributed by atoms with Crippen LogP contribution in [0.2, 0.25) is 0 Å². The highest BCUT2D eigenvalue weighted by Gasteiger charge is 2.03. The number of nitrogens with zero attached hydrogens (tertiary/aromatic N) is 2. The summed E-state index contributed by atoms with van der Waals surface area (Å²) in [4.78, 5) is 6.36. The molecule has 0 radical (unpaired) electrons. The topological polar surface area (TPSA) is 58.1 Å². The molecule has 0 aromatic heterocycles. The van der Waals surface area contributed by atoms with Gasteiger partial charge >= 0.3 is 0 Å². The van der Waals surface area contributed by atoms with Crippen LogP contribution in [0, 0.1) is 6.92 Å². The van der Waals surface area contributed by atoms with E-state index < -0.39 is 0 Å². The fourth-order valence-corrected chi connectivity index (χ4v) is 2.18. The number of rotatable bonds is 10. The molecule has 1 aromatic carbocycles. The van der Waals surface area contributed by atoms with Crippen molar-refractivity contribution < 1.29 is 9.47 Å². The van der Waals surface area contributed by atoms with Crippen molar-refractivity contribution in [1.29, 1.82) is 0 Å². The van der Waals surface area contributed by atoms with E-state index in [1.807, 2.05) is 0 Å². The second-order valence-corrected chi connectivity index (χ2v) is 5.82. The number of benzene rings is 1. The van der Waals surface area contributed by atoms with Gasteiger partial charge in [0.1, 0.15) is 0 Å². The molecule has 1 rings (SSSR count). The Morgan fingerprint density at radius 1 is 1.16 bits per heavy atom. The predicted octanol–water partition coefficient (Wildman–Crippen LogP) is 2.40. The molecule has 1 aromatic rings. The lowest BCUT2D eigenvalue weighted by Gasteiger charge is -2.16. The third-order valence-corrected chi connectivity index (χ3v) is 3.70. The minimum Gasteiger partial charge on any atom is -0.382 e. The van der Waals surface area contributed by atoms with E-state index in [9.17, 15) is 0 Å². The standard InChI is InChI=1S/C18H32N4O2.HI/c1-15-13-17(22(3)4)8-7-16(15)14-21-18(19-2)20-9-6-10-24-12-11-23-5;/h7-8,13H,6,9-12,14H2,1-5H3,(H2,19,20,21);1H. The molecule has 0 bridgehead atoms. The molecule has 0 unspecified atom stereocenters. The van der Waals surface area contributed by atoms with Gasteiger partial charge in [0.2, 0.25) is 0 Å². The van der Waals surface area contributed by atoms with Crippen LogP contribution in [0.5, 0.6) is 0 Å². The average molecular weight is 464 g/mol. The number of anilines is 1. The first-order valence-electron chi connectivity index (χ1n) is 8.36. The van der Waals surface area contributed by atoms with Gasteiger partial charge in [-0.15, -0.1) is 24.0 Å². The van der Waals surface area contributed by atoms with Crippen molar-refractivity contribution in [2.45, 2.75) is 19.9 Å². The highest BCUT2D eigenvalue weighted by Crippen LogP contribution is 2.17. The molecular formula is C18H33IN4O2. The third-order valence-electron chi connectivity index (χ3n) is 3.70. The Morgan fingerprint density at radius 3 is 2.52 bits per heavy atom. The highest BCUT2D eigenvalue weighted by atomic mass is 127. The van der Waals surface area contributed by atoms with E-state index in [4.69, 9.17) is 9.47 Å². The molecule has 25 heavy (non-hydrogen) atoms. The Labute approximate surface area is 169 Å². The number of halogens is 1. The van der Waals surface area contributed by atoms with E-state index in [0.29, 0.717) is 13.2 Å². The number of nitrogens with one attached hydrogen (secondary N) is 2. The maximum Gasteiger partial charge on any atom is 0.191 e. The maximum absolute atomic E-state index is 5.44. The van der Waals surface area contributed by atoms with Gasteiger partial charge in [0.15, 0.2) is 5.96 Å². The highest BCUT2D eigenvalue weighted by molar-refractivity contribution is 14.0. The number of aliphatic imine (C=N–C) groups is 1. The van der Waals surface area contributed by atoms with Gasteiger partial charge in [0.05, 0.1) is 13.2 Å². The van der Waals surface area contributed by atoms with Crippen LogP contribution in [-0.4, -0.2) is 60.6 Å². The molecule has 0 fully saturated rings. The smallest absolute Gasteiger partial charge is 0.191 e. The zero-order valence-electron chi connectivity index (χ0n) is 16.1. The summed E-state index contributed by atoms with van der Waals surface area (Å²) >= 11 is 0. The quantitative estimate of drug-likeness (QED) is 0.241. The van der Waals surface area contributed by atoms with E-state index in [-0.39, 0.29) is 24.0 Å². The second kappa shape index (κ2) is 14.1. The van der Waals surface area contributed by atoms with Crippen LogP contribution in [0.4, 0.5) is 5.69 Å². The molecule has 7 heteroatoms. The SMILES string of the molecule is CN=C(NCCCOCCOC)NCc1ccc(N(C)C)cc1C.I. The van der Waals surface area contributed by atoms with Gasteiger partial charge in [-0.05, 0) is 36.6 Å². The molecule has 0 atom stereocenters. The zero-order valence-corrected chi connectivity index (χ0v) is 18.4. The Kier molecular flexibility index (Phi) is 13.5. The first-order chi connectivity index (χ1) is 11.6. The summed E-state index contributed by atoms with van der Waals surface area (Å²) in [6.07, 6.45) is 0.932. The van der Waals surface area contributed by atoms with Gasteiger partial charge in [0.25, 0.3) is 0 Å². The number of aryl methyl sites for hydroxylation is 1. The van der Waals surface area contributed by atoms with E-state index >= 15 is 0 Å². The summed E-state index contributed by atoms with van der Waals surface area (Å²) in [5.41, 5.74) is 3.76. The molecule has 2 N–H and O–H groups in total. The number of hydrogen-bond acceptors (Lipinski definition) is 4. The molecular weight excluding hydrogens is 431 g/mol. The van der Waals surface area contributed by atoms with Gasteiger partial charge in [-0.2, -0.15) is 0 Å². The summed E-state index contributed by atoms with van der Waals surface area (Å²) in [5, 5.41) is 6.65. The van der Waals surface area contributed by atoms with Crippen molar-refractivity contribution in [1.82, 2.24) is 10.6 Å². The first-order valence-corrected chi connectivity index (χ1v) is 8.36. The van der Waals surface area contributed by atoms with Gasteiger partial charge in [0, 0.05) is 53.6 Å². The molecule has 144 valence electrons. The third kappa shape index (κ3) is 9.86. The van der Waals surface area contributed by atoms with E-state index in [0.717, 1.165) is 32.1 Å². The maximum atomic E-state index is 5.44. The predicted molar refractivity (Wildman–Crippen MR) is 116 cm³/mol. The minimum absolute atomic E-state index is 0. The van der Waals surface area contributed by atoms with Crippen LogP contribution < -0.4 is 15.5 Å². The lowest BCUT2D eigenvalue weighted by molar-refractivity contribution is 0.0698. The van der Waals surface area contributed by atoms with Crippen molar-refractivity contribution in [3.8, 4) is 0 Å². The fourth-order valence-electron chi connectivity index (χ4n) is 2.18. The lowest BCUT2D eigenvalue weighted by atomic mass is 10.1. The van der Waals surface area contributed by atoms with Crippen LogP contribution in [0.3, 0.4) is 0 Å². The monoisotopic (exact) mass is 464 g/mol. The van der Waals surface area contributed by atoms with Crippen molar-refractivity contribution >= 4 is 35.6 Å². The minimum atomic E-state index is 0.